The highest BCUT2D eigenvalue weighted by Crippen LogP contribution is 2.32. The zero-order valence-electron chi connectivity index (χ0n) is 19.3. The molecule has 194 valence electrons. The normalized spacial score (nSPS) is 19.0. The number of nitrogens with zero attached hydrogens (tertiary/aromatic N) is 3. The number of anilines is 3. The fraction of sp³-hybridized carbons (Fsp3) is 0.417. The number of halogens is 4. The van der Waals surface area contributed by atoms with Crippen LogP contribution in [0.3, 0.4) is 0 Å². The average molecular weight is 510 g/mol. The number of hydrogen-bond acceptors (Lipinski definition) is 7. The van der Waals surface area contributed by atoms with Crippen molar-refractivity contribution in [1.29, 1.82) is 0 Å². The van der Waals surface area contributed by atoms with Gasteiger partial charge in [0.1, 0.15) is 11.8 Å². The molecule has 0 saturated carbocycles. The van der Waals surface area contributed by atoms with Gasteiger partial charge in [-0.15, -0.1) is 0 Å². The van der Waals surface area contributed by atoms with Gasteiger partial charge in [-0.1, -0.05) is 12.1 Å². The fourth-order valence-electron chi connectivity index (χ4n) is 4.17. The summed E-state index contributed by atoms with van der Waals surface area (Å²) in [6.45, 7) is 1.53. The Hall–Kier alpha value is -3.38. The van der Waals surface area contributed by atoms with Gasteiger partial charge in [0.15, 0.2) is 17.4 Å². The van der Waals surface area contributed by atoms with Gasteiger partial charge in [0.05, 0.1) is 18.8 Å². The number of Topliss-reactive ketones (excluding diaryl/α,β-unsaturated/α-hetero) is 1. The second kappa shape index (κ2) is 11.1. The molecule has 0 unspecified atom stereocenters. The first kappa shape index (κ1) is 25.7. The number of cyclic esters (lactones) is 1. The highest BCUT2D eigenvalue weighted by molar-refractivity contribution is 5.90. The summed E-state index contributed by atoms with van der Waals surface area (Å²) in [7, 11) is 0. The van der Waals surface area contributed by atoms with Crippen LogP contribution in [0.4, 0.5) is 39.4 Å². The second-order valence-electron chi connectivity index (χ2n) is 8.61. The van der Waals surface area contributed by atoms with E-state index in [9.17, 15) is 18.4 Å². The molecular formula is C24H26F4N4O4. The van der Waals surface area contributed by atoms with Crippen LogP contribution >= 0.6 is 0 Å². The Morgan fingerprint density at radius 2 is 1.78 bits per heavy atom. The van der Waals surface area contributed by atoms with Gasteiger partial charge in [-0.2, -0.15) is 5.06 Å². The molecule has 0 radical (unpaired) electrons. The van der Waals surface area contributed by atoms with E-state index < -0.39 is 42.5 Å². The Bertz CT molecular complexity index is 1080. The molecule has 1 amide bonds. The molecular weight excluding hydrogens is 484 g/mol. The monoisotopic (exact) mass is 510 g/mol. The van der Waals surface area contributed by atoms with Gasteiger partial charge in [-0.25, -0.2) is 22.4 Å². The summed E-state index contributed by atoms with van der Waals surface area (Å²) >= 11 is 0. The Morgan fingerprint density at radius 3 is 2.44 bits per heavy atom. The van der Waals surface area contributed by atoms with E-state index in [1.54, 1.807) is 22.1 Å². The molecule has 2 aliphatic heterocycles. The second-order valence-corrected chi connectivity index (χ2v) is 8.61. The molecule has 12 heteroatoms. The number of hydroxylamine groups is 2. The van der Waals surface area contributed by atoms with Crippen LogP contribution in [0.2, 0.25) is 0 Å². The Morgan fingerprint density at radius 1 is 1.08 bits per heavy atom. The number of benzene rings is 2. The highest BCUT2D eigenvalue weighted by atomic mass is 19.3. The SMILES string of the molecule is Nc1ccc(CN2CCN(c3c(F)cc(N4C[C@H](CCC(=O)C(F)F)OC4=O)cc3F)CCO2)cc1. The molecule has 2 heterocycles. The van der Waals surface area contributed by atoms with Gasteiger partial charge in [0, 0.05) is 50.4 Å². The van der Waals surface area contributed by atoms with Gasteiger partial charge in [0.25, 0.3) is 6.43 Å². The van der Waals surface area contributed by atoms with Crippen LogP contribution in [-0.4, -0.2) is 62.3 Å². The minimum absolute atomic E-state index is 0.0579. The molecule has 2 aromatic carbocycles. The van der Waals surface area contributed by atoms with Crippen molar-refractivity contribution in [2.24, 2.45) is 0 Å². The lowest BCUT2D eigenvalue weighted by molar-refractivity contribution is -0.154. The Balaban J connectivity index is 1.40. The number of carbonyl (C=O) groups excluding carboxylic acids is 2. The van der Waals surface area contributed by atoms with E-state index >= 15 is 8.78 Å². The highest BCUT2D eigenvalue weighted by Gasteiger charge is 2.34. The van der Waals surface area contributed by atoms with Crippen LogP contribution < -0.4 is 15.5 Å². The molecule has 4 rings (SSSR count). The van der Waals surface area contributed by atoms with Crippen molar-refractivity contribution in [3.63, 3.8) is 0 Å². The predicted octanol–water partition coefficient (Wildman–Crippen LogP) is 3.74. The lowest BCUT2D eigenvalue weighted by Gasteiger charge is -2.24. The Kier molecular flexibility index (Phi) is 7.94. The van der Waals surface area contributed by atoms with E-state index in [-0.39, 0.29) is 37.5 Å². The first-order valence-electron chi connectivity index (χ1n) is 11.5. The predicted molar refractivity (Wildman–Crippen MR) is 124 cm³/mol. The van der Waals surface area contributed by atoms with Gasteiger partial charge in [0.2, 0.25) is 0 Å². The number of nitrogen functional groups attached to an aromatic ring is 1. The van der Waals surface area contributed by atoms with E-state index in [1.807, 2.05) is 12.1 Å². The molecule has 8 nitrogen and oxygen atoms in total. The number of nitrogens with two attached hydrogens (primary N) is 1. The summed E-state index contributed by atoms with van der Waals surface area (Å²) in [5.41, 5.74) is 7.04. The summed E-state index contributed by atoms with van der Waals surface area (Å²) < 4.78 is 60.0. The minimum atomic E-state index is -3.09. The zero-order valence-corrected chi connectivity index (χ0v) is 19.3. The van der Waals surface area contributed by atoms with Crippen molar-refractivity contribution < 1.29 is 36.7 Å². The van der Waals surface area contributed by atoms with Gasteiger partial charge >= 0.3 is 6.09 Å². The van der Waals surface area contributed by atoms with Crippen LogP contribution in [0.15, 0.2) is 36.4 Å². The van der Waals surface area contributed by atoms with Crippen LogP contribution in [0.5, 0.6) is 0 Å². The van der Waals surface area contributed by atoms with E-state index in [0.717, 1.165) is 22.6 Å². The van der Waals surface area contributed by atoms with Gasteiger partial charge in [-0.3, -0.25) is 14.5 Å². The Labute approximate surface area is 205 Å². The summed E-state index contributed by atoms with van der Waals surface area (Å²) in [6, 6.07) is 9.39. The third kappa shape index (κ3) is 6.05. The standard InChI is InChI=1S/C24H26F4N4O4/c25-19-11-17(32-14-18(36-24(32)34)5-6-21(33)23(27)28)12-20(26)22(19)30-7-8-31(35-10-9-30)13-15-1-3-16(29)4-2-15/h1-4,11-12,18,23H,5-10,13-14,29H2/t18-/m0/s1. The van der Waals surface area contributed by atoms with Crippen molar-refractivity contribution in [3.05, 3.63) is 53.6 Å². The number of carbonyl (C=O) groups is 2. The summed E-state index contributed by atoms with van der Waals surface area (Å²) in [5.74, 6) is -2.97. The third-order valence-corrected chi connectivity index (χ3v) is 6.05. The molecule has 2 saturated heterocycles. The molecule has 36 heavy (non-hydrogen) atoms. The van der Waals surface area contributed by atoms with Crippen LogP contribution in [0.25, 0.3) is 0 Å². The van der Waals surface area contributed by atoms with Crippen LogP contribution in [0, 0.1) is 11.6 Å². The number of alkyl halides is 2. The van der Waals surface area contributed by atoms with Crippen molar-refractivity contribution in [3.8, 4) is 0 Å². The van der Waals surface area contributed by atoms with Crippen molar-refractivity contribution in [2.45, 2.75) is 31.9 Å². The van der Waals surface area contributed by atoms with Gasteiger partial charge < -0.3 is 15.4 Å². The summed E-state index contributed by atoms with van der Waals surface area (Å²) in [4.78, 5) is 31.6. The first-order valence-corrected chi connectivity index (χ1v) is 11.5. The zero-order chi connectivity index (χ0) is 25.8. The third-order valence-electron chi connectivity index (χ3n) is 6.05. The number of rotatable bonds is 8. The smallest absolute Gasteiger partial charge is 0.414 e. The molecule has 2 aromatic rings. The maximum atomic E-state index is 15.1. The quantitative estimate of drug-likeness (QED) is 0.428. The summed E-state index contributed by atoms with van der Waals surface area (Å²) in [5, 5.41) is 1.72. The summed E-state index contributed by atoms with van der Waals surface area (Å²) in [6.07, 6.45) is -5.35. The molecule has 0 aromatic heterocycles. The number of hydrogen-bond donors (Lipinski definition) is 1. The van der Waals surface area contributed by atoms with Crippen molar-refractivity contribution in [1.82, 2.24) is 5.06 Å². The van der Waals surface area contributed by atoms with Crippen LogP contribution in [0.1, 0.15) is 18.4 Å². The molecule has 0 aliphatic carbocycles. The number of ketones is 1. The van der Waals surface area contributed by atoms with Crippen molar-refractivity contribution in [2.75, 3.05) is 48.3 Å². The molecule has 1 atom stereocenters. The number of amides is 1. The van der Waals surface area contributed by atoms with E-state index in [1.165, 1.54) is 0 Å². The lowest BCUT2D eigenvalue weighted by Crippen LogP contribution is -2.32. The van der Waals surface area contributed by atoms with E-state index in [2.05, 4.69) is 0 Å². The van der Waals surface area contributed by atoms with Gasteiger partial charge in [-0.05, 0) is 24.1 Å². The van der Waals surface area contributed by atoms with Crippen molar-refractivity contribution >= 4 is 28.9 Å². The van der Waals surface area contributed by atoms with E-state index in [0.29, 0.717) is 25.3 Å². The first-order chi connectivity index (χ1) is 17.2. The number of ether oxygens (including phenoxy) is 1. The average Bonchev–Trinajstić information content (AvgIpc) is 3.06. The molecule has 2 fully saturated rings. The fourth-order valence-corrected chi connectivity index (χ4v) is 4.17. The molecule has 2 N–H and O–H groups in total. The van der Waals surface area contributed by atoms with Crippen LogP contribution in [-0.2, 0) is 20.9 Å². The maximum absolute atomic E-state index is 15.1. The maximum Gasteiger partial charge on any atom is 0.414 e. The topological polar surface area (TPSA) is 88.3 Å². The molecule has 2 aliphatic rings. The lowest BCUT2D eigenvalue weighted by atomic mass is 10.1. The van der Waals surface area contributed by atoms with E-state index in [4.69, 9.17) is 15.3 Å². The molecule has 0 bridgehead atoms. The minimum Gasteiger partial charge on any atom is -0.444 e. The molecule has 0 spiro atoms. The largest absolute Gasteiger partial charge is 0.444 e.